The molecule has 1 aromatic carbocycles. The van der Waals surface area contributed by atoms with E-state index in [-0.39, 0.29) is 0 Å². The second-order valence-corrected chi connectivity index (χ2v) is 3.42. The largest absolute Gasteiger partial charge is 0.399 e. The van der Waals surface area contributed by atoms with Crippen LogP contribution in [-0.4, -0.2) is 19.7 Å². The van der Waals surface area contributed by atoms with E-state index in [2.05, 4.69) is 15.1 Å². The standard InChI is InChI=1S/C11H9N5/c12-9-3-2-8-7-15-16(10(8)6-9)11-13-4-1-5-14-11/h1-7H,12H2. The van der Waals surface area contributed by atoms with Crippen LogP contribution in [0.2, 0.25) is 0 Å². The average molecular weight is 211 g/mol. The molecule has 0 aliphatic carbocycles. The van der Waals surface area contributed by atoms with Gasteiger partial charge in [-0.1, -0.05) is 0 Å². The molecule has 0 bridgehead atoms. The summed E-state index contributed by atoms with van der Waals surface area (Å²) in [5.74, 6) is 0.545. The molecule has 0 unspecified atom stereocenters. The number of hydrogen-bond donors (Lipinski definition) is 1. The minimum Gasteiger partial charge on any atom is -0.399 e. The summed E-state index contributed by atoms with van der Waals surface area (Å²) in [6, 6.07) is 7.40. The Hall–Kier alpha value is -2.43. The topological polar surface area (TPSA) is 69.6 Å². The van der Waals surface area contributed by atoms with E-state index < -0.39 is 0 Å². The number of fused-ring (bicyclic) bond motifs is 1. The Morgan fingerprint density at radius 2 is 1.94 bits per heavy atom. The molecular formula is C11H9N5. The van der Waals surface area contributed by atoms with Crippen LogP contribution in [0.3, 0.4) is 0 Å². The zero-order valence-electron chi connectivity index (χ0n) is 8.41. The molecule has 2 N–H and O–H groups in total. The van der Waals surface area contributed by atoms with Gasteiger partial charge in [0.05, 0.1) is 11.7 Å². The fourth-order valence-electron chi connectivity index (χ4n) is 1.60. The molecule has 3 rings (SSSR count). The third kappa shape index (κ3) is 1.30. The smallest absolute Gasteiger partial charge is 0.251 e. The Morgan fingerprint density at radius 3 is 2.75 bits per heavy atom. The van der Waals surface area contributed by atoms with Crippen LogP contribution in [0, 0.1) is 0 Å². The number of benzene rings is 1. The number of nitrogens with two attached hydrogens (primary N) is 1. The van der Waals surface area contributed by atoms with E-state index in [9.17, 15) is 0 Å². The Balaban J connectivity index is 2.29. The zero-order valence-corrected chi connectivity index (χ0v) is 8.41. The molecule has 5 heteroatoms. The Morgan fingerprint density at radius 1 is 1.12 bits per heavy atom. The van der Waals surface area contributed by atoms with Crippen LogP contribution in [0.5, 0.6) is 0 Å². The summed E-state index contributed by atoms with van der Waals surface area (Å²) >= 11 is 0. The molecule has 2 heterocycles. The minimum atomic E-state index is 0.545. The zero-order chi connectivity index (χ0) is 11.0. The normalized spacial score (nSPS) is 10.8. The van der Waals surface area contributed by atoms with Crippen molar-refractivity contribution in [1.82, 2.24) is 19.7 Å². The summed E-state index contributed by atoms with van der Waals surface area (Å²) in [5, 5.41) is 5.26. The predicted molar refractivity (Wildman–Crippen MR) is 61.1 cm³/mol. The molecule has 0 fully saturated rings. The van der Waals surface area contributed by atoms with E-state index >= 15 is 0 Å². The fourth-order valence-corrected chi connectivity index (χ4v) is 1.60. The van der Waals surface area contributed by atoms with Gasteiger partial charge < -0.3 is 5.73 Å². The SMILES string of the molecule is Nc1ccc2cnn(-c3ncccn3)c2c1. The molecule has 0 radical (unpaired) electrons. The maximum atomic E-state index is 5.75. The first-order chi connectivity index (χ1) is 7.84. The van der Waals surface area contributed by atoms with Gasteiger partial charge >= 0.3 is 0 Å². The Labute approximate surface area is 91.6 Å². The van der Waals surface area contributed by atoms with Gasteiger partial charge in [0.2, 0.25) is 0 Å². The number of aromatic nitrogens is 4. The molecule has 2 aromatic heterocycles. The lowest BCUT2D eigenvalue weighted by molar-refractivity contribution is 0.833. The summed E-state index contributed by atoms with van der Waals surface area (Å²) in [6.45, 7) is 0. The van der Waals surface area contributed by atoms with Crippen molar-refractivity contribution < 1.29 is 0 Å². The van der Waals surface area contributed by atoms with Crippen LogP contribution < -0.4 is 5.73 Å². The third-order valence-corrected chi connectivity index (χ3v) is 2.34. The molecule has 0 atom stereocenters. The Kier molecular flexibility index (Phi) is 1.83. The third-order valence-electron chi connectivity index (χ3n) is 2.34. The monoisotopic (exact) mass is 211 g/mol. The van der Waals surface area contributed by atoms with Crippen molar-refractivity contribution in [3.63, 3.8) is 0 Å². The summed E-state index contributed by atoms with van der Waals surface area (Å²) < 4.78 is 1.67. The average Bonchev–Trinajstić information content (AvgIpc) is 2.73. The predicted octanol–water partition coefficient (Wildman–Crippen LogP) is 1.40. The highest BCUT2D eigenvalue weighted by Crippen LogP contribution is 2.18. The molecule has 78 valence electrons. The lowest BCUT2D eigenvalue weighted by atomic mass is 10.2. The number of nitrogens with zero attached hydrogens (tertiary/aromatic N) is 4. The van der Waals surface area contributed by atoms with E-state index in [1.807, 2.05) is 18.2 Å². The molecule has 5 nitrogen and oxygen atoms in total. The summed E-state index contributed by atoms with van der Waals surface area (Å²) in [5.41, 5.74) is 7.36. The van der Waals surface area contributed by atoms with Gasteiger partial charge in [0.25, 0.3) is 5.95 Å². The second-order valence-electron chi connectivity index (χ2n) is 3.42. The molecule has 0 amide bonds. The maximum Gasteiger partial charge on any atom is 0.251 e. The fraction of sp³-hybridized carbons (Fsp3) is 0. The van der Waals surface area contributed by atoms with E-state index in [1.54, 1.807) is 29.3 Å². The molecule has 0 spiro atoms. The Bertz CT molecular complexity index is 629. The van der Waals surface area contributed by atoms with Gasteiger partial charge in [0.1, 0.15) is 0 Å². The quantitative estimate of drug-likeness (QED) is 0.617. The van der Waals surface area contributed by atoms with E-state index in [0.29, 0.717) is 11.6 Å². The van der Waals surface area contributed by atoms with Crippen LogP contribution in [0.15, 0.2) is 42.9 Å². The first kappa shape index (κ1) is 8.84. The van der Waals surface area contributed by atoms with Gasteiger partial charge in [-0.15, -0.1) is 0 Å². The molecule has 0 saturated heterocycles. The molecule has 0 aliphatic rings. The van der Waals surface area contributed by atoms with Crippen LogP contribution >= 0.6 is 0 Å². The number of nitrogen functional groups attached to an aromatic ring is 1. The second kappa shape index (κ2) is 3.30. The van der Waals surface area contributed by atoms with E-state index in [0.717, 1.165) is 10.9 Å². The molecule has 0 saturated carbocycles. The van der Waals surface area contributed by atoms with Crippen LogP contribution in [0.1, 0.15) is 0 Å². The van der Waals surface area contributed by atoms with Crippen molar-refractivity contribution in [2.75, 3.05) is 5.73 Å². The summed E-state index contributed by atoms with van der Waals surface area (Å²) in [6.07, 6.45) is 5.13. The van der Waals surface area contributed by atoms with Gasteiger partial charge in [-0.25, -0.2) is 9.97 Å². The molecular weight excluding hydrogens is 202 g/mol. The lowest BCUT2D eigenvalue weighted by Gasteiger charge is -2.00. The molecule has 16 heavy (non-hydrogen) atoms. The summed E-state index contributed by atoms with van der Waals surface area (Å²) in [4.78, 5) is 8.30. The van der Waals surface area contributed by atoms with Crippen LogP contribution in [0.25, 0.3) is 16.9 Å². The highest BCUT2D eigenvalue weighted by molar-refractivity contribution is 5.82. The van der Waals surface area contributed by atoms with Crippen LogP contribution in [-0.2, 0) is 0 Å². The highest BCUT2D eigenvalue weighted by atomic mass is 15.3. The number of anilines is 1. The van der Waals surface area contributed by atoms with Gasteiger partial charge in [0.15, 0.2) is 0 Å². The van der Waals surface area contributed by atoms with Crippen LogP contribution in [0.4, 0.5) is 5.69 Å². The molecule has 0 aliphatic heterocycles. The van der Waals surface area contributed by atoms with Crippen molar-refractivity contribution in [1.29, 1.82) is 0 Å². The first-order valence-electron chi connectivity index (χ1n) is 4.85. The van der Waals surface area contributed by atoms with E-state index in [4.69, 9.17) is 5.73 Å². The van der Waals surface area contributed by atoms with Gasteiger partial charge in [-0.05, 0) is 24.3 Å². The van der Waals surface area contributed by atoms with E-state index in [1.165, 1.54) is 0 Å². The lowest BCUT2D eigenvalue weighted by Crippen LogP contribution is -2.01. The minimum absolute atomic E-state index is 0.545. The number of hydrogen-bond acceptors (Lipinski definition) is 4. The van der Waals surface area contributed by atoms with Gasteiger partial charge in [-0.2, -0.15) is 9.78 Å². The van der Waals surface area contributed by atoms with Gasteiger partial charge in [0, 0.05) is 23.5 Å². The highest BCUT2D eigenvalue weighted by Gasteiger charge is 2.06. The van der Waals surface area contributed by atoms with Gasteiger partial charge in [-0.3, -0.25) is 0 Å². The maximum absolute atomic E-state index is 5.75. The van der Waals surface area contributed by atoms with Crippen molar-refractivity contribution >= 4 is 16.6 Å². The first-order valence-corrected chi connectivity index (χ1v) is 4.85. The van der Waals surface area contributed by atoms with Crippen molar-refractivity contribution in [2.24, 2.45) is 0 Å². The molecule has 3 aromatic rings. The van der Waals surface area contributed by atoms with Crippen molar-refractivity contribution in [3.05, 3.63) is 42.9 Å². The number of rotatable bonds is 1. The summed E-state index contributed by atoms with van der Waals surface area (Å²) in [7, 11) is 0. The van der Waals surface area contributed by atoms with Crippen molar-refractivity contribution in [2.45, 2.75) is 0 Å². The van der Waals surface area contributed by atoms with Crippen molar-refractivity contribution in [3.8, 4) is 5.95 Å².